The zero-order valence-electron chi connectivity index (χ0n) is 9.29. The lowest BCUT2D eigenvalue weighted by Crippen LogP contribution is -2.27. The van der Waals surface area contributed by atoms with Crippen LogP contribution in [0.3, 0.4) is 0 Å². The molecular weight excluding hydrogens is 232 g/mol. The highest BCUT2D eigenvalue weighted by Crippen LogP contribution is 1.93. The molecule has 17 heavy (non-hydrogen) atoms. The molecule has 0 atom stereocenters. The van der Waals surface area contributed by atoms with Crippen LogP contribution in [0.2, 0.25) is 0 Å². The molecule has 5 nitrogen and oxygen atoms in total. The van der Waals surface area contributed by atoms with Crippen molar-refractivity contribution in [3.05, 3.63) is 18.2 Å². The van der Waals surface area contributed by atoms with Crippen molar-refractivity contribution in [2.24, 2.45) is 0 Å². The van der Waals surface area contributed by atoms with E-state index in [9.17, 15) is 13.6 Å². The Balaban J connectivity index is 1.98. The fourth-order valence-corrected chi connectivity index (χ4v) is 1.18. The predicted octanol–water partition coefficient (Wildman–Crippen LogP) is 0.740. The van der Waals surface area contributed by atoms with Crippen molar-refractivity contribution in [1.82, 2.24) is 15.3 Å². The Morgan fingerprint density at radius 1 is 1.59 bits per heavy atom. The normalized spacial score (nSPS) is 10.8. The highest BCUT2D eigenvalue weighted by atomic mass is 19.3. The van der Waals surface area contributed by atoms with E-state index in [1.165, 1.54) is 0 Å². The largest absolute Gasteiger partial charge is 0.375 e. The fraction of sp³-hybridized carbons (Fsp3) is 0.600. The maximum atomic E-state index is 11.7. The molecule has 2 N–H and O–H groups in total. The molecule has 0 spiro atoms. The van der Waals surface area contributed by atoms with Crippen LogP contribution in [-0.2, 0) is 16.0 Å². The van der Waals surface area contributed by atoms with Gasteiger partial charge in [0.2, 0.25) is 5.91 Å². The van der Waals surface area contributed by atoms with E-state index in [-0.39, 0.29) is 18.9 Å². The van der Waals surface area contributed by atoms with Gasteiger partial charge in [0.15, 0.2) is 0 Å². The molecule has 0 aliphatic rings. The molecular formula is C10H15F2N3O2. The third kappa shape index (κ3) is 6.62. The van der Waals surface area contributed by atoms with Crippen LogP contribution in [0.5, 0.6) is 0 Å². The van der Waals surface area contributed by atoms with Crippen LogP contribution in [0.25, 0.3) is 0 Å². The summed E-state index contributed by atoms with van der Waals surface area (Å²) in [6, 6.07) is 0. The number of aromatic amines is 1. The molecule has 0 aliphatic carbocycles. The smallest absolute Gasteiger partial charge is 0.261 e. The quantitative estimate of drug-likeness (QED) is 0.666. The lowest BCUT2D eigenvalue weighted by atomic mass is 10.3. The maximum absolute atomic E-state index is 11.7. The number of carbonyl (C=O) groups is 1. The molecule has 7 heteroatoms. The predicted molar refractivity (Wildman–Crippen MR) is 56.7 cm³/mol. The Morgan fingerprint density at radius 3 is 3.06 bits per heavy atom. The Bertz CT molecular complexity index is 317. The van der Waals surface area contributed by atoms with Gasteiger partial charge in [-0.1, -0.05) is 0 Å². The van der Waals surface area contributed by atoms with E-state index in [1.54, 1.807) is 12.4 Å². The molecule has 0 unspecified atom stereocenters. The van der Waals surface area contributed by atoms with Crippen LogP contribution in [-0.4, -0.2) is 42.1 Å². The summed E-state index contributed by atoms with van der Waals surface area (Å²) < 4.78 is 28.0. The van der Waals surface area contributed by atoms with Crippen molar-refractivity contribution in [1.29, 1.82) is 0 Å². The highest BCUT2D eigenvalue weighted by Gasteiger charge is 2.04. The second-order valence-electron chi connectivity index (χ2n) is 3.35. The van der Waals surface area contributed by atoms with Gasteiger partial charge in [0, 0.05) is 31.8 Å². The van der Waals surface area contributed by atoms with Crippen molar-refractivity contribution in [3.63, 3.8) is 0 Å². The number of alkyl halides is 2. The Kier molecular flexibility index (Phi) is 6.16. The summed E-state index contributed by atoms with van der Waals surface area (Å²) in [7, 11) is 0. The summed E-state index contributed by atoms with van der Waals surface area (Å²) in [5.41, 5.74) is 0. The number of amides is 1. The van der Waals surface area contributed by atoms with Crippen molar-refractivity contribution >= 4 is 5.91 Å². The molecule has 1 amide bonds. The van der Waals surface area contributed by atoms with Gasteiger partial charge in [0.05, 0.1) is 6.61 Å². The number of hydrogen-bond acceptors (Lipinski definition) is 3. The van der Waals surface area contributed by atoms with Crippen LogP contribution in [0.4, 0.5) is 8.78 Å². The lowest BCUT2D eigenvalue weighted by molar-refractivity contribution is -0.122. The summed E-state index contributed by atoms with van der Waals surface area (Å²) in [5, 5.41) is 2.64. The van der Waals surface area contributed by atoms with Crippen molar-refractivity contribution in [2.45, 2.75) is 19.3 Å². The van der Waals surface area contributed by atoms with Gasteiger partial charge >= 0.3 is 0 Å². The summed E-state index contributed by atoms with van der Waals surface area (Å²) in [4.78, 5) is 18.1. The Labute approximate surface area is 97.6 Å². The van der Waals surface area contributed by atoms with Gasteiger partial charge in [0.25, 0.3) is 6.43 Å². The first-order valence-corrected chi connectivity index (χ1v) is 5.29. The van der Waals surface area contributed by atoms with E-state index < -0.39 is 13.0 Å². The van der Waals surface area contributed by atoms with Crippen LogP contribution in [0.1, 0.15) is 12.2 Å². The topological polar surface area (TPSA) is 67.0 Å². The summed E-state index contributed by atoms with van der Waals surface area (Å²) >= 11 is 0. The van der Waals surface area contributed by atoms with E-state index in [4.69, 9.17) is 0 Å². The van der Waals surface area contributed by atoms with Gasteiger partial charge in [-0.2, -0.15) is 0 Å². The van der Waals surface area contributed by atoms with Gasteiger partial charge in [-0.15, -0.1) is 0 Å². The minimum Gasteiger partial charge on any atom is -0.375 e. The highest BCUT2D eigenvalue weighted by molar-refractivity contribution is 5.75. The number of nitrogens with one attached hydrogen (secondary N) is 2. The third-order valence-corrected chi connectivity index (χ3v) is 1.96. The van der Waals surface area contributed by atoms with Gasteiger partial charge in [-0.25, -0.2) is 13.8 Å². The summed E-state index contributed by atoms with van der Waals surface area (Å²) in [6.07, 6.45) is 1.55. The van der Waals surface area contributed by atoms with Crippen LogP contribution >= 0.6 is 0 Å². The number of halogens is 2. The summed E-state index contributed by atoms with van der Waals surface area (Å²) in [6.45, 7) is -0.155. The molecule has 0 bridgehead atoms. The van der Waals surface area contributed by atoms with E-state index in [0.717, 1.165) is 5.82 Å². The molecule has 1 heterocycles. The lowest BCUT2D eigenvalue weighted by Gasteiger charge is -2.05. The molecule has 0 saturated heterocycles. The number of carbonyl (C=O) groups excluding carboxylic acids is 1. The molecule has 96 valence electrons. The zero-order chi connectivity index (χ0) is 12.5. The Morgan fingerprint density at radius 2 is 2.41 bits per heavy atom. The standard InChI is InChI=1S/C10H15F2N3O2/c11-8(12)7-17-6-2-10(16)15-3-1-9-13-4-5-14-9/h4-5,8H,1-3,6-7H2,(H,13,14)(H,15,16). The van der Waals surface area contributed by atoms with Gasteiger partial charge < -0.3 is 15.0 Å². The maximum Gasteiger partial charge on any atom is 0.261 e. The number of H-pyrrole nitrogens is 1. The minimum absolute atomic E-state index is 0.0108. The number of imidazole rings is 1. The molecule has 0 fully saturated rings. The first-order valence-electron chi connectivity index (χ1n) is 5.29. The molecule has 1 aromatic heterocycles. The first kappa shape index (κ1) is 13.6. The van der Waals surface area contributed by atoms with E-state index >= 15 is 0 Å². The Hall–Kier alpha value is -1.50. The van der Waals surface area contributed by atoms with Gasteiger partial charge in [-0.3, -0.25) is 4.79 Å². The molecule has 0 aliphatic heterocycles. The molecule has 0 radical (unpaired) electrons. The number of rotatable bonds is 8. The van der Waals surface area contributed by atoms with Crippen molar-refractivity contribution < 1.29 is 18.3 Å². The first-order chi connectivity index (χ1) is 8.18. The van der Waals surface area contributed by atoms with E-state index in [1.807, 2.05) is 0 Å². The molecule has 0 aromatic carbocycles. The van der Waals surface area contributed by atoms with E-state index in [0.29, 0.717) is 13.0 Å². The third-order valence-electron chi connectivity index (χ3n) is 1.96. The number of nitrogens with zero attached hydrogens (tertiary/aromatic N) is 1. The average molecular weight is 247 g/mol. The van der Waals surface area contributed by atoms with Crippen LogP contribution in [0.15, 0.2) is 12.4 Å². The molecule has 0 saturated carbocycles. The van der Waals surface area contributed by atoms with Gasteiger partial charge in [-0.05, 0) is 0 Å². The van der Waals surface area contributed by atoms with E-state index in [2.05, 4.69) is 20.0 Å². The molecule has 1 rings (SSSR count). The van der Waals surface area contributed by atoms with Crippen LogP contribution in [0, 0.1) is 0 Å². The second-order valence-corrected chi connectivity index (χ2v) is 3.35. The second kappa shape index (κ2) is 7.72. The number of hydrogen-bond donors (Lipinski definition) is 2. The minimum atomic E-state index is -2.49. The van der Waals surface area contributed by atoms with Gasteiger partial charge in [0.1, 0.15) is 12.4 Å². The monoisotopic (exact) mass is 247 g/mol. The molecule has 1 aromatic rings. The van der Waals surface area contributed by atoms with Crippen LogP contribution < -0.4 is 5.32 Å². The number of ether oxygens (including phenoxy) is 1. The zero-order valence-corrected chi connectivity index (χ0v) is 9.29. The SMILES string of the molecule is O=C(CCOCC(F)F)NCCc1ncc[nH]1. The number of aromatic nitrogens is 2. The average Bonchev–Trinajstić information content (AvgIpc) is 2.77. The summed E-state index contributed by atoms with van der Waals surface area (Å²) in [5.74, 6) is 0.574. The van der Waals surface area contributed by atoms with Crippen molar-refractivity contribution in [3.8, 4) is 0 Å². The van der Waals surface area contributed by atoms with Crippen molar-refractivity contribution in [2.75, 3.05) is 19.8 Å². The fourth-order valence-electron chi connectivity index (χ4n) is 1.18.